The van der Waals surface area contributed by atoms with Gasteiger partial charge in [-0.15, -0.1) is 0 Å². The predicted molar refractivity (Wildman–Crippen MR) is 72.7 cm³/mol. The first-order valence-corrected chi connectivity index (χ1v) is 6.05. The van der Waals surface area contributed by atoms with Crippen molar-refractivity contribution in [3.63, 3.8) is 0 Å². The molecule has 0 amide bonds. The first-order chi connectivity index (χ1) is 9.95. The van der Waals surface area contributed by atoms with Crippen molar-refractivity contribution in [1.29, 1.82) is 0 Å². The molecule has 0 aliphatic heterocycles. The van der Waals surface area contributed by atoms with Gasteiger partial charge in [0.1, 0.15) is 5.82 Å². The van der Waals surface area contributed by atoms with Crippen LogP contribution in [0.15, 0.2) is 48.4 Å². The van der Waals surface area contributed by atoms with Crippen LogP contribution in [0.1, 0.15) is 21.6 Å². The van der Waals surface area contributed by atoms with Crippen molar-refractivity contribution in [3.8, 4) is 0 Å². The average molecular weight is 289 g/mol. The molecule has 108 valence electrons. The molecule has 2 aromatic rings. The molecule has 3 N–H and O–H groups in total. The highest BCUT2D eigenvalue weighted by Crippen LogP contribution is 2.12. The molecule has 0 unspecified atom stereocenters. The topological polar surface area (TPSA) is 90.4 Å². The van der Waals surface area contributed by atoms with Crippen molar-refractivity contribution in [1.82, 2.24) is 4.98 Å². The molecule has 0 aliphatic carbocycles. The van der Waals surface area contributed by atoms with Gasteiger partial charge in [0.15, 0.2) is 5.78 Å². The fourth-order valence-corrected chi connectivity index (χ4v) is 1.82. The van der Waals surface area contributed by atoms with Gasteiger partial charge in [0, 0.05) is 30.0 Å². The number of aromatic amines is 1. The normalized spacial score (nSPS) is 11.4. The summed E-state index contributed by atoms with van der Waals surface area (Å²) in [6.45, 7) is 0. The van der Waals surface area contributed by atoms with Crippen molar-refractivity contribution in [2.75, 3.05) is 0 Å². The van der Waals surface area contributed by atoms with Gasteiger partial charge in [-0.1, -0.05) is 12.1 Å². The van der Waals surface area contributed by atoms with E-state index in [1.807, 2.05) is 0 Å². The number of hydrogen-bond donors (Lipinski definition) is 3. The quantitative estimate of drug-likeness (QED) is 0.448. The molecule has 0 aliphatic rings. The van der Waals surface area contributed by atoms with E-state index in [0.29, 0.717) is 18.2 Å². The van der Waals surface area contributed by atoms with Crippen LogP contribution in [0.25, 0.3) is 0 Å². The Balaban J connectivity index is 2.13. The summed E-state index contributed by atoms with van der Waals surface area (Å²) in [4.78, 5) is 25.0. The van der Waals surface area contributed by atoms with Gasteiger partial charge in [-0.05, 0) is 23.8 Å². The Morgan fingerprint density at radius 1 is 1.24 bits per heavy atom. The number of allylic oxidation sites excluding steroid dienone is 1. The van der Waals surface area contributed by atoms with Crippen LogP contribution >= 0.6 is 0 Å². The van der Waals surface area contributed by atoms with E-state index >= 15 is 0 Å². The van der Waals surface area contributed by atoms with Gasteiger partial charge in [-0.2, -0.15) is 0 Å². The Hall–Kier alpha value is -2.89. The van der Waals surface area contributed by atoms with Crippen molar-refractivity contribution in [2.45, 2.75) is 6.42 Å². The number of carbonyl (C=O) groups is 2. The van der Waals surface area contributed by atoms with Crippen LogP contribution in [0.3, 0.4) is 0 Å². The minimum absolute atomic E-state index is 0.217. The van der Waals surface area contributed by atoms with E-state index in [9.17, 15) is 14.0 Å². The molecule has 0 atom stereocenters. The summed E-state index contributed by atoms with van der Waals surface area (Å²) >= 11 is 0. The summed E-state index contributed by atoms with van der Waals surface area (Å²) in [6, 6.07) is 7.60. The van der Waals surface area contributed by atoms with E-state index in [0.717, 1.165) is 5.56 Å². The second-order valence-corrected chi connectivity index (χ2v) is 4.42. The zero-order valence-corrected chi connectivity index (χ0v) is 10.8. The van der Waals surface area contributed by atoms with E-state index in [1.165, 1.54) is 24.4 Å². The summed E-state index contributed by atoms with van der Waals surface area (Å²) in [5, 5.41) is 17.5. The lowest BCUT2D eigenvalue weighted by Crippen LogP contribution is -2.03. The second-order valence-electron chi connectivity index (χ2n) is 4.42. The lowest BCUT2D eigenvalue weighted by Gasteiger charge is -1.98. The first kappa shape index (κ1) is 14.5. The van der Waals surface area contributed by atoms with Crippen LogP contribution in [0.4, 0.5) is 4.39 Å². The number of aromatic nitrogens is 1. The number of carbonyl (C=O) groups excluding carboxylic acids is 1. The molecule has 0 radical (unpaired) electrons. The SMILES string of the molecule is O=C(O)C(O)=CC(=O)c1c[nH]c(Cc2cccc(F)c2)c1. The highest BCUT2D eigenvalue weighted by Gasteiger charge is 2.11. The summed E-state index contributed by atoms with van der Waals surface area (Å²) in [7, 11) is 0. The molecule has 5 nitrogen and oxygen atoms in total. The monoisotopic (exact) mass is 289 g/mol. The molecule has 0 saturated heterocycles. The number of nitrogens with one attached hydrogen (secondary N) is 1. The lowest BCUT2D eigenvalue weighted by molar-refractivity contribution is -0.135. The highest BCUT2D eigenvalue weighted by molar-refractivity contribution is 6.07. The van der Waals surface area contributed by atoms with E-state index in [1.54, 1.807) is 12.1 Å². The van der Waals surface area contributed by atoms with Crippen molar-refractivity contribution >= 4 is 11.8 Å². The third-order valence-electron chi connectivity index (χ3n) is 2.80. The van der Waals surface area contributed by atoms with Crippen LogP contribution in [-0.2, 0) is 11.2 Å². The zero-order chi connectivity index (χ0) is 15.4. The molecule has 0 fully saturated rings. The van der Waals surface area contributed by atoms with Crippen LogP contribution in [0.5, 0.6) is 0 Å². The average Bonchev–Trinajstić information content (AvgIpc) is 2.87. The fraction of sp³-hybridized carbons (Fsp3) is 0.0667. The maximum absolute atomic E-state index is 13.1. The standard InChI is InChI=1S/C15H12FNO4/c16-11-3-1-2-9(4-11)5-12-6-10(8-17-12)13(18)7-14(19)15(20)21/h1-4,6-8,17,19H,5H2,(H,20,21). The number of H-pyrrole nitrogens is 1. The molecule has 0 bridgehead atoms. The minimum Gasteiger partial charge on any atom is -0.502 e. The van der Waals surface area contributed by atoms with Gasteiger partial charge in [0.25, 0.3) is 0 Å². The number of aliphatic hydroxyl groups excluding tert-OH is 1. The summed E-state index contributed by atoms with van der Waals surface area (Å²) < 4.78 is 13.1. The van der Waals surface area contributed by atoms with Crippen molar-refractivity contribution < 1.29 is 24.2 Å². The predicted octanol–water partition coefficient (Wildman–Crippen LogP) is 2.45. The minimum atomic E-state index is -1.57. The summed E-state index contributed by atoms with van der Waals surface area (Å²) in [5.41, 5.74) is 1.63. The molecular formula is C15H12FNO4. The van der Waals surface area contributed by atoms with Gasteiger partial charge in [-0.25, -0.2) is 9.18 Å². The van der Waals surface area contributed by atoms with Gasteiger partial charge < -0.3 is 15.2 Å². The number of benzene rings is 1. The van der Waals surface area contributed by atoms with Crippen molar-refractivity contribution in [2.24, 2.45) is 0 Å². The number of hydrogen-bond acceptors (Lipinski definition) is 3. The lowest BCUT2D eigenvalue weighted by atomic mass is 10.1. The molecule has 6 heteroatoms. The van der Waals surface area contributed by atoms with E-state index in [4.69, 9.17) is 10.2 Å². The van der Waals surface area contributed by atoms with Crippen LogP contribution < -0.4 is 0 Å². The van der Waals surface area contributed by atoms with Gasteiger partial charge in [0.05, 0.1) is 0 Å². The van der Waals surface area contributed by atoms with Crippen molar-refractivity contribution in [3.05, 3.63) is 71.0 Å². The first-order valence-electron chi connectivity index (χ1n) is 6.05. The highest BCUT2D eigenvalue weighted by atomic mass is 19.1. The molecule has 1 aromatic heterocycles. The third kappa shape index (κ3) is 3.79. The number of aliphatic hydroxyl groups is 1. The van der Waals surface area contributed by atoms with E-state index in [-0.39, 0.29) is 11.4 Å². The van der Waals surface area contributed by atoms with Gasteiger partial charge >= 0.3 is 5.97 Å². The third-order valence-corrected chi connectivity index (χ3v) is 2.80. The Morgan fingerprint density at radius 2 is 2.00 bits per heavy atom. The number of ketones is 1. The molecular weight excluding hydrogens is 277 g/mol. The number of carboxylic acid groups (broad SMARTS) is 1. The number of carboxylic acids is 1. The van der Waals surface area contributed by atoms with Crippen LogP contribution in [0.2, 0.25) is 0 Å². The molecule has 0 spiro atoms. The number of rotatable bonds is 5. The van der Waals surface area contributed by atoms with Gasteiger partial charge in [0.2, 0.25) is 5.76 Å². The Kier molecular flexibility index (Phi) is 4.18. The van der Waals surface area contributed by atoms with E-state index < -0.39 is 17.5 Å². The number of halogens is 1. The second kappa shape index (κ2) is 6.04. The maximum Gasteiger partial charge on any atom is 0.371 e. The molecule has 2 rings (SSSR count). The Bertz CT molecular complexity index is 718. The smallest absolute Gasteiger partial charge is 0.371 e. The molecule has 1 heterocycles. The van der Waals surface area contributed by atoms with E-state index in [2.05, 4.69) is 4.98 Å². The van der Waals surface area contributed by atoms with Crippen LogP contribution in [0, 0.1) is 5.82 Å². The molecule has 0 saturated carbocycles. The number of aliphatic carboxylic acids is 1. The van der Waals surface area contributed by atoms with Gasteiger partial charge in [-0.3, -0.25) is 4.79 Å². The Morgan fingerprint density at radius 3 is 2.67 bits per heavy atom. The molecule has 1 aromatic carbocycles. The maximum atomic E-state index is 13.1. The Labute approximate surface area is 119 Å². The van der Waals surface area contributed by atoms with Crippen LogP contribution in [-0.4, -0.2) is 26.9 Å². The molecule has 21 heavy (non-hydrogen) atoms. The largest absolute Gasteiger partial charge is 0.502 e. The fourth-order valence-electron chi connectivity index (χ4n) is 1.82. The summed E-state index contributed by atoms with van der Waals surface area (Å²) in [5.74, 6) is -3.56. The summed E-state index contributed by atoms with van der Waals surface area (Å²) in [6.07, 6.45) is 2.44. The zero-order valence-electron chi connectivity index (χ0n) is 10.8.